The standard InChI is InChI=1S/C18H21FN2O2S/c1-11-9-14(21-17(23)18(2,3)4)24-15(11)16(22)20-10-12-7-5-6-8-13(12)19/h5-9H,10H2,1-4H3,(H,20,22)(H,21,23). The lowest BCUT2D eigenvalue weighted by molar-refractivity contribution is -0.123. The second kappa shape index (κ2) is 7.13. The Morgan fingerprint density at radius 3 is 2.50 bits per heavy atom. The van der Waals surface area contributed by atoms with E-state index in [0.29, 0.717) is 15.4 Å². The van der Waals surface area contributed by atoms with Crippen LogP contribution in [0.1, 0.15) is 41.6 Å². The van der Waals surface area contributed by atoms with E-state index in [9.17, 15) is 14.0 Å². The highest BCUT2D eigenvalue weighted by molar-refractivity contribution is 7.18. The molecule has 24 heavy (non-hydrogen) atoms. The Hall–Kier alpha value is -2.21. The number of benzene rings is 1. The number of hydrogen-bond donors (Lipinski definition) is 2. The molecule has 2 amide bonds. The Labute approximate surface area is 145 Å². The van der Waals surface area contributed by atoms with Crippen LogP contribution in [0.5, 0.6) is 0 Å². The minimum absolute atomic E-state index is 0.109. The van der Waals surface area contributed by atoms with Gasteiger partial charge in [-0.15, -0.1) is 11.3 Å². The minimum Gasteiger partial charge on any atom is -0.347 e. The fourth-order valence-electron chi connectivity index (χ4n) is 1.97. The van der Waals surface area contributed by atoms with E-state index >= 15 is 0 Å². The zero-order valence-electron chi connectivity index (χ0n) is 14.2. The highest BCUT2D eigenvalue weighted by Crippen LogP contribution is 2.28. The van der Waals surface area contributed by atoms with Crippen molar-refractivity contribution in [1.82, 2.24) is 5.32 Å². The van der Waals surface area contributed by atoms with Gasteiger partial charge in [-0.2, -0.15) is 0 Å². The maximum Gasteiger partial charge on any atom is 0.261 e. The van der Waals surface area contributed by atoms with Gasteiger partial charge in [-0.3, -0.25) is 9.59 Å². The Balaban J connectivity index is 2.05. The average Bonchev–Trinajstić information content (AvgIpc) is 2.86. The van der Waals surface area contributed by atoms with E-state index in [1.165, 1.54) is 17.4 Å². The van der Waals surface area contributed by atoms with Gasteiger partial charge < -0.3 is 10.6 Å². The summed E-state index contributed by atoms with van der Waals surface area (Å²) in [6.45, 7) is 7.40. The van der Waals surface area contributed by atoms with Crippen LogP contribution in [-0.4, -0.2) is 11.8 Å². The molecule has 0 aliphatic heterocycles. The van der Waals surface area contributed by atoms with Gasteiger partial charge in [-0.05, 0) is 24.6 Å². The predicted molar refractivity (Wildman–Crippen MR) is 94.7 cm³/mol. The molecule has 0 fully saturated rings. The van der Waals surface area contributed by atoms with Gasteiger partial charge in [0.05, 0.1) is 9.88 Å². The van der Waals surface area contributed by atoms with Crippen molar-refractivity contribution in [2.45, 2.75) is 34.2 Å². The normalized spacial score (nSPS) is 11.2. The second-order valence-corrected chi connectivity index (χ2v) is 7.65. The lowest BCUT2D eigenvalue weighted by Gasteiger charge is -2.16. The number of carbonyl (C=O) groups is 2. The summed E-state index contributed by atoms with van der Waals surface area (Å²) in [7, 11) is 0. The fraction of sp³-hybridized carbons (Fsp3) is 0.333. The van der Waals surface area contributed by atoms with Gasteiger partial charge in [0, 0.05) is 17.5 Å². The van der Waals surface area contributed by atoms with Crippen LogP contribution in [0.25, 0.3) is 0 Å². The van der Waals surface area contributed by atoms with E-state index in [2.05, 4.69) is 10.6 Å². The van der Waals surface area contributed by atoms with Crippen LogP contribution in [-0.2, 0) is 11.3 Å². The molecule has 4 nitrogen and oxygen atoms in total. The van der Waals surface area contributed by atoms with Crippen LogP contribution in [0.4, 0.5) is 9.39 Å². The van der Waals surface area contributed by atoms with Crippen molar-refractivity contribution in [2.24, 2.45) is 5.41 Å². The molecule has 0 atom stereocenters. The first-order valence-corrected chi connectivity index (χ1v) is 8.43. The van der Waals surface area contributed by atoms with Gasteiger partial charge in [0.15, 0.2) is 0 Å². The summed E-state index contributed by atoms with van der Waals surface area (Å²) in [6.07, 6.45) is 0. The van der Waals surface area contributed by atoms with Crippen LogP contribution in [0.3, 0.4) is 0 Å². The minimum atomic E-state index is -0.509. The Kier molecular flexibility index (Phi) is 5.39. The number of nitrogens with one attached hydrogen (secondary N) is 2. The molecule has 2 rings (SSSR count). The van der Waals surface area contributed by atoms with E-state index < -0.39 is 5.41 Å². The maximum atomic E-state index is 13.6. The zero-order chi connectivity index (χ0) is 17.9. The molecule has 0 saturated heterocycles. The third-order valence-electron chi connectivity index (χ3n) is 3.44. The predicted octanol–water partition coefficient (Wildman–Crippen LogP) is 4.11. The largest absolute Gasteiger partial charge is 0.347 e. The molecule has 0 saturated carbocycles. The molecule has 1 aromatic heterocycles. The van der Waals surface area contributed by atoms with Crippen LogP contribution in [0, 0.1) is 18.2 Å². The molecule has 6 heteroatoms. The van der Waals surface area contributed by atoms with Gasteiger partial charge in [-0.1, -0.05) is 39.0 Å². The van der Waals surface area contributed by atoms with E-state index in [1.807, 2.05) is 20.8 Å². The topological polar surface area (TPSA) is 58.2 Å². The SMILES string of the molecule is Cc1cc(NC(=O)C(C)(C)C)sc1C(=O)NCc1ccccc1F. The number of halogens is 1. The molecular formula is C18H21FN2O2S. The summed E-state index contributed by atoms with van der Waals surface area (Å²) in [6, 6.07) is 8.09. The third-order valence-corrected chi connectivity index (χ3v) is 4.59. The molecule has 0 bridgehead atoms. The van der Waals surface area contributed by atoms with Crippen LogP contribution in [0.15, 0.2) is 30.3 Å². The number of amides is 2. The van der Waals surface area contributed by atoms with Crippen molar-refractivity contribution in [3.05, 3.63) is 52.2 Å². The molecule has 2 N–H and O–H groups in total. The van der Waals surface area contributed by atoms with Crippen LogP contribution in [0.2, 0.25) is 0 Å². The fourth-order valence-corrected chi connectivity index (χ4v) is 2.95. The first-order chi connectivity index (χ1) is 11.2. The van der Waals surface area contributed by atoms with Crippen LogP contribution < -0.4 is 10.6 Å². The zero-order valence-corrected chi connectivity index (χ0v) is 15.0. The van der Waals surface area contributed by atoms with E-state index in [-0.39, 0.29) is 24.2 Å². The molecule has 0 aliphatic rings. The van der Waals surface area contributed by atoms with Crippen molar-refractivity contribution in [3.8, 4) is 0 Å². The smallest absolute Gasteiger partial charge is 0.261 e. The maximum absolute atomic E-state index is 13.6. The first-order valence-electron chi connectivity index (χ1n) is 7.62. The van der Waals surface area contributed by atoms with Crippen molar-refractivity contribution >= 4 is 28.2 Å². The summed E-state index contributed by atoms with van der Waals surface area (Å²) >= 11 is 1.21. The van der Waals surface area contributed by atoms with Gasteiger partial charge in [0.25, 0.3) is 5.91 Å². The molecule has 128 valence electrons. The van der Waals surface area contributed by atoms with E-state index in [0.717, 1.165) is 5.56 Å². The van der Waals surface area contributed by atoms with Crippen molar-refractivity contribution in [2.75, 3.05) is 5.32 Å². The number of hydrogen-bond acceptors (Lipinski definition) is 3. The van der Waals surface area contributed by atoms with Gasteiger partial charge in [-0.25, -0.2) is 4.39 Å². The van der Waals surface area contributed by atoms with Gasteiger partial charge in [0.1, 0.15) is 5.82 Å². The van der Waals surface area contributed by atoms with Crippen molar-refractivity contribution < 1.29 is 14.0 Å². The molecule has 0 unspecified atom stereocenters. The molecular weight excluding hydrogens is 327 g/mol. The molecule has 0 aliphatic carbocycles. The quantitative estimate of drug-likeness (QED) is 0.873. The third kappa shape index (κ3) is 4.41. The molecule has 0 spiro atoms. The van der Waals surface area contributed by atoms with E-state index in [4.69, 9.17) is 0 Å². The lowest BCUT2D eigenvalue weighted by Crippen LogP contribution is -2.27. The average molecular weight is 348 g/mol. The second-order valence-electron chi connectivity index (χ2n) is 6.60. The van der Waals surface area contributed by atoms with E-state index in [1.54, 1.807) is 31.2 Å². The molecule has 2 aromatic rings. The molecule has 0 radical (unpaired) electrons. The summed E-state index contributed by atoms with van der Waals surface area (Å²) < 4.78 is 13.6. The highest BCUT2D eigenvalue weighted by Gasteiger charge is 2.23. The summed E-state index contributed by atoms with van der Waals surface area (Å²) in [5.74, 6) is -0.738. The van der Waals surface area contributed by atoms with Crippen molar-refractivity contribution in [1.29, 1.82) is 0 Å². The van der Waals surface area contributed by atoms with Crippen molar-refractivity contribution in [3.63, 3.8) is 0 Å². The highest BCUT2D eigenvalue weighted by atomic mass is 32.1. The summed E-state index contributed by atoms with van der Waals surface area (Å²) in [5, 5.41) is 6.16. The Morgan fingerprint density at radius 1 is 1.21 bits per heavy atom. The monoisotopic (exact) mass is 348 g/mol. The van der Waals surface area contributed by atoms with Gasteiger partial charge in [0.2, 0.25) is 5.91 Å². The Morgan fingerprint density at radius 2 is 1.88 bits per heavy atom. The van der Waals surface area contributed by atoms with Crippen LogP contribution >= 0.6 is 11.3 Å². The van der Waals surface area contributed by atoms with Gasteiger partial charge >= 0.3 is 0 Å². The Bertz CT molecular complexity index is 763. The summed E-state index contributed by atoms with van der Waals surface area (Å²) in [4.78, 5) is 24.8. The number of anilines is 1. The number of carbonyl (C=O) groups excluding carboxylic acids is 2. The summed E-state index contributed by atoms with van der Waals surface area (Å²) in [5.41, 5.74) is 0.696. The first kappa shape index (κ1) is 18.1. The molecule has 1 aromatic carbocycles. The number of rotatable bonds is 4. The number of thiophene rings is 1. The molecule has 1 heterocycles. The number of aryl methyl sites for hydroxylation is 1. The lowest BCUT2D eigenvalue weighted by atomic mass is 9.96.